The van der Waals surface area contributed by atoms with Gasteiger partial charge in [-0.3, -0.25) is 4.98 Å². The first-order valence-corrected chi connectivity index (χ1v) is 8.28. The molecule has 1 aliphatic rings. The van der Waals surface area contributed by atoms with Crippen LogP contribution in [0.1, 0.15) is 18.9 Å². The fourth-order valence-electron chi connectivity index (χ4n) is 2.24. The number of thioether (sulfide) groups is 2. The van der Waals surface area contributed by atoms with Crippen molar-refractivity contribution in [3.05, 3.63) is 30.1 Å². The van der Waals surface area contributed by atoms with Crippen LogP contribution in [0.3, 0.4) is 0 Å². The van der Waals surface area contributed by atoms with Crippen LogP contribution < -0.4 is 5.73 Å². The monoisotopic (exact) mass is 268 g/mol. The van der Waals surface area contributed by atoms with E-state index in [9.17, 15) is 0 Å². The molecule has 4 heteroatoms. The molecular formula is C13H20N2S2. The van der Waals surface area contributed by atoms with E-state index in [-0.39, 0.29) is 6.04 Å². The second-order valence-corrected chi connectivity index (χ2v) is 7.01. The Balaban J connectivity index is 1.96. The molecule has 94 valence electrons. The van der Waals surface area contributed by atoms with Crippen LogP contribution in [0.25, 0.3) is 0 Å². The number of hydrogen-bond donors (Lipinski definition) is 1. The van der Waals surface area contributed by atoms with Gasteiger partial charge in [-0.15, -0.1) is 0 Å². The molecule has 0 radical (unpaired) electrons. The molecule has 0 bridgehead atoms. The average Bonchev–Trinajstić information content (AvgIpc) is 2.40. The summed E-state index contributed by atoms with van der Waals surface area (Å²) < 4.78 is 0. The maximum atomic E-state index is 6.39. The summed E-state index contributed by atoms with van der Waals surface area (Å²) in [5, 5.41) is 1.33. The van der Waals surface area contributed by atoms with Crippen LogP contribution in [-0.2, 0) is 6.42 Å². The highest BCUT2D eigenvalue weighted by Gasteiger charge is 2.29. The Labute approximate surface area is 112 Å². The Kier molecular flexibility index (Phi) is 5.19. The highest BCUT2D eigenvalue weighted by molar-refractivity contribution is 8.07. The van der Waals surface area contributed by atoms with Crippen molar-refractivity contribution in [3.8, 4) is 0 Å². The second-order valence-electron chi connectivity index (χ2n) is 4.38. The zero-order valence-electron chi connectivity index (χ0n) is 10.2. The maximum absolute atomic E-state index is 6.39. The molecule has 0 aliphatic carbocycles. The lowest BCUT2D eigenvalue weighted by atomic mass is 10.0. The van der Waals surface area contributed by atoms with Crippen LogP contribution in [0.15, 0.2) is 24.5 Å². The van der Waals surface area contributed by atoms with Crippen molar-refractivity contribution in [1.82, 2.24) is 4.98 Å². The van der Waals surface area contributed by atoms with Gasteiger partial charge in [0.25, 0.3) is 0 Å². The van der Waals surface area contributed by atoms with Crippen LogP contribution >= 0.6 is 23.5 Å². The number of hydrogen-bond acceptors (Lipinski definition) is 4. The van der Waals surface area contributed by atoms with E-state index in [0.717, 1.165) is 11.7 Å². The number of rotatable bonds is 4. The number of nitrogens with zero attached hydrogens (tertiary/aromatic N) is 1. The smallest absolute Gasteiger partial charge is 0.0321 e. The lowest BCUT2D eigenvalue weighted by Gasteiger charge is -2.34. The first-order chi connectivity index (χ1) is 8.31. The van der Waals surface area contributed by atoms with Crippen molar-refractivity contribution < 1.29 is 0 Å². The fraction of sp³-hybridized carbons (Fsp3) is 0.615. The number of aromatic nitrogens is 1. The minimum Gasteiger partial charge on any atom is -0.326 e. The van der Waals surface area contributed by atoms with Gasteiger partial charge in [0.1, 0.15) is 0 Å². The van der Waals surface area contributed by atoms with E-state index in [4.69, 9.17) is 5.73 Å². The summed E-state index contributed by atoms with van der Waals surface area (Å²) in [6.45, 7) is 2.27. The Bertz CT molecular complexity index is 331. The molecule has 2 nitrogen and oxygen atoms in total. The highest BCUT2D eigenvalue weighted by Crippen LogP contribution is 2.35. The molecule has 1 aromatic heterocycles. The number of pyridine rings is 1. The molecular weight excluding hydrogens is 248 g/mol. The Morgan fingerprint density at radius 1 is 1.35 bits per heavy atom. The lowest BCUT2D eigenvalue weighted by molar-refractivity contribution is 0.597. The summed E-state index contributed by atoms with van der Waals surface area (Å²) >= 11 is 4.16. The van der Waals surface area contributed by atoms with Crippen molar-refractivity contribution >= 4 is 23.5 Å². The van der Waals surface area contributed by atoms with Gasteiger partial charge in [-0.2, -0.15) is 23.5 Å². The molecule has 1 saturated heterocycles. The Morgan fingerprint density at radius 3 is 2.76 bits per heavy atom. The van der Waals surface area contributed by atoms with E-state index in [1.807, 2.05) is 12.4 Å². The molecule has 1 aromatic rings. The quantitative estimate of drug-likeness (QED) is 0.911. The Hall–Kier alpha value is -0.190. The molecule has 2 heterocycles. The Morgan fingerprint density at radius 2 is 2.06 bits per heavy atom. The van der Waals surface area contributed by atoms with Crippen molar-refractivity contribution in [3.63, 3.8) is 0 Å². The summed E-state index contributed by atoms with van der Waals surface area (Å²) in [6, 6.07) is 4.41. The first kappa shape index (κ1) is 13.2. The van der Waals surface area contributed by atoms with Gasteiger partial charge < -0.3 is 5.73 Å². The van der Waals surface area contributed by atoms with Crippen molar-refractivity contribution in [2.24, 2.45) is 5.73 Å². The van der Waals surface area contributed by atoms with E-state index < -0.39 is 0 Å². The highest BCUT2D eigenvalue weighted by atomic mass is 32.2. The third-order valence-corrected chi connectivity index (χ3v) is 6.57. The third kappa shape index (κ3) is 3.63. The number of nitrogens with two attached hydrogens (primary N) is 1. The van der Waals surface area contributed by atoms with Crippen molar-refractivity contribution in [2.45, 2.75) is 36.3 Å². The van der Waals surface area contributed by atoms with Gasteiger partial charge >= 0.3 is 0 Å². The van der Waals surface area contributed by atoms with Gasteiger partial charge in [0.15, 0.2) is 0 Å². The molecule has 3 atom stereocenters. The topological polar surface area (TPSA) is 38.9 Å². The van der Waals surface area contributed by atoms with Crippen LogP contribution in [0.5, 0.6) is 0 Å². The van der Waals surface area contributed by atoms with E-state index in [1.54, 1.807) is 0 Å². The molecule has 1 fully saturated rings. The van der Waals surface area contributed by atoms with Gasteiger partial charge in [-0.05, 0) is 30.5 Å². The standard InChI is InChI=1S/C13H20N2S2/c1-2-12-13(17-8-7-16-12)11(14)9-10-3-5-15-6-4-10/h3-6,11-13H,2,7-9,14H2,1H3. The van der Waals surface area contributed by atoms with E-state index in [2.05, 4.69) is 47.6 Å². The molecule has 0 amide bonds. The minimum absolute atomic E-state index is 0.264. The van der Waals surface area contributed by atoms with Gasteiger partial charge in [-0.1, -0.05) is 6.92 Å². The summed E-state index contributed by atoms with van der Waals surface area (Å²) in [5.41, 5.74) is 7.70. The van der Waals surface area contributed by atoms with Crippen molar-refractivity contribution in [2.75, 3.05) is 11.5 Å². The zero-order chi connectivity index (χ0) is 12.1. The molecule has 17 heavy (non-hydrogen) atoms. The van der Waals surface area contributed by atoms with Crippen molar-refractivity contribution in [1.29, 1.82) is 0 Å². The van der Waals surface area contributed by atoms with Gasteiger partial charge in [0.2, 0.25) is 0 Å². The maximum Gasteiger partial charge on any atom is 0.0321 e. The summed E-state index contributed by atoms with van der Waals surface area (Å²) in [7, 11) is 0. The molecule has 2 rings (SSSR count). The third-order valence-electron chi connectivity index (χ3n) is 3.14. The largest absolute Gasteiger partial charge is 0.326 e. The lowest BCUT2D eigenvalue weighted by Crippen LogP contribution is -2.43. The van der Waals surface area contributed by atoms with Gasteiger partial charge in [-0.25, -0.2) is 0 Å². The van der Waals surface area contributed by atoms with E-state index >= 15 is 0 Å². The van der Waals surface area contributed by atoms with Gasteiger partial charge in [0, 0.05) is 40.4 Å². The average molecular weight is 268 g/mol. The predicted octanol–water partition coefficient (Wildman–Crippen LogP) is 2.58. The molecule has 0 aromatic carbocycles. The SMILES string of the molecule is CCC1SCCSC1C(N)Cc1ccncc1. The second kappa shape index (κ2) is 6.66. The van der Waals surface area contributed by atoms with Crippen LogP contribution in [-0.4, -0.2) is 33.0 Å². The van der Waals surface area contributed by atoms with E-state index in [1.165, 1.54) is 23.5 Å². The summed E-state index contributed by atoms with van der Waals surface area (Å²) in [5.74, 6) is 2.53. The first-order valence-electron chi connectivity index (χ1n) is 6.19. The fourth-order valence-corrected chi connectivity index (χ4v) is 5.44. The predicted molar refractivity (Wildman–Crippen MR) is 78.7 cm³/mol. The molecule has 1 aliphatic heterocycles. The van der Waals surface area contributed by atoms with E-state index in [0.29, 0.717) is 5.25 Å². The zero-order valence-corrected chi connectivity index (χ0v) is 11.8. The normalized spacial score (nSPS) is 26.7. The molecule has 0 saturated carbocycles. The van der Waals surface area contributed by atoms with Crippen LogP contribution in [0, 0.1) is 0 Å². The molecule has 0 spiro atoms. The van der Waals surface area contributed by atoms with Gasteiger partial charge in [0.05, 0.1) is 0 Å². The molecule has 3 unspecified atom stereocenters. The molecule has 2 N–H and O–H groups in total. The minimum atomic E-state index is 0.264. The van der Waals surface area contributed by atoms with Crippen LogP contribution in [0.2, 0.25) is 0 Å². The van der Waals surface area contributed by atoms with Crippen LogP contribution in [0.4, 0.5) is 0 Å². The summed E-state index contributed by atoms with van der Waals surface area (Å²) in [4.78, 5) is 4.05. The summed E-state index contributed by atoms with van der Waals surface area (Å²) in [6.07, 6.45) is 5.90.